The van der Waals surface area contributed by atoms with Crippen LogP contribution in [0.4, 0.5) is 5.69 Å². The molecule has 0 amide bonds. The first-order chi connectivity index (χ1) is 14.9. The monoisotopic (exact) mass is 459 g/mol. The first-order valence-electron chi connectivity index (χ1n) is 9.77. The van der Waals surface area contributed by atoms with Gasteiger partial charge in [-0.25, -0.2) is 4.79 Å². The molecule has 2 N–H and O–H groups in total. The van der Waals surface area contributed by atoms with Crippen molar-refractivity contribution < 1.29 is 19.4 Å². The number of anilines is 1. The number of ether oxygens (including phenoxy) is 2. The Hall–Kier alpha value is -2.89. The van der Waals surface area contributed by atoms with Crippen LogP contribution in [0, 0.1) is 6.92 Å². The second-order valence-electron chi connectivity index (χ2n) is 6.94. The summed E-state index contributed by atoms with van der Waals surface area (Å²) in [6, 6.07) is 16.2. The van der Waals surface area contributed by atoms with Crippen molar-refractivity contribution in [2.24, 2.45) is 0 Å². The van der Waals surface area contributed by atoms with Crippen molar-refractivity contribution in [3.05, 3.63) is 86.9 Å². The fourth-order valence-corrected chi connectivity index (χ4v) is 3.35. The number of hydrogen-bond donors (Lipinski definition) is 2. The van der Waals surface area contributed by atoms with E-state index in [0.717, 1.165) is 22.4 Å². The highest BCUT2D eigenvalue weighted by Crippen LogP contribution is 2.31. The van der Waals surface area contributed by atoms with Gasteiger partial charge in [-0.3, -0.25) is 0 Å². The smallest absolute Gasteiger partial charge is 0.335 e. The molecule has 0 heterocycles. The zero-order chi connectivity index (χ0) is 22.4. The predicted octanol–water partition coefficient (Wildman–Crippen LogP) is 6.59. The van der Waals surface area contributed by atoms with E-state index < -0.39 is 5.97 Å². The standard InChI is InChI=1S/C24H23Cl2NO4/c1-3-30-23-12-16(13-27-21-8-6-18(24(28)29)10-15(21)2)5-9-22(23)31-14-17-4-7-19(25)20(26)11-17/h4-12,27H,3,13-14H2,1-2H3,(H,28,29). The SMILES string of the molecule is CCOc1cc(CNc2ccc(C(=O)O)cc2C)ccc1OCc1ccc(Cl)c(Cl)c1. The van der Waals surface area contributed by atoms with Crippen LogP contribution in [-0.2, 0) is 13.2 Å². The van der Waals surface area contributed by atoms with Gasteiger partial charge in [0.1, 0.15) is 6.61 Å². The molecule has 31 heavy (non-hydrogen) atoms. The first kappa shape index (κ1) is 22.8. The molecule has 0 radical (unpaired) electrons. The van der Waals surface area contributed by atoms with Gasteiger partial charge in [0, 0.05) is 12.2 Å². The summed E-state index contributed by atoms with van der Waals surface area (Å²) in [5.74, 6) is 0.353. The Kier molecular flexibility index (Phi) is 7.66. The molecule has 0 saturated carbocycles. The lowest BCUT2D eigenvalue weighted by molar-refractivity contribution is 0.0697. The van der Waals surface area contributed by atoms with Crippen LogP contribution in [0.3, 0.4) is 0 Å². The third-order valence-electron chi connectivity index (χ3n) is 4.64. The lowest BCUT2D eigenvalue weighted by atomic mass is 10.1. The van der Waals surface area contributed by atoms with Crippen LogP contribution in [0.15, 0.2) is 54.6 Å². The number of benzene rings is 3. The molecule has 0 aliphatic rings. The van der Waals surface area contributed by atoms with Gasteiger partial charge in [-0.15, -0.1) is 0 Å². The summed E-state index contributed by atoms with van der Waals surface area (Å²) in [7, 11) is 0. The number of aromatic carboxylic acids is 1. The Balaban J connectivity index is 1.69. The Bertz CT molecular complexity index is 1090. The molecule has 0 spiro atoms. The molecule has 3 aromatic carbocycles. The minimum Gasteiger partial charge on any atom is -0.490 e. The third-order valence-corrected chi connectivity index (χ3v) is 5.38. The molecule has 0 unspecified atom stereocenters. The van der Waals surface area contributed by atoms with E-state index in [1.165, 1.54) is 0 Å². The Labute approximate surface area is 191 Å². The van der Waals surface area contributed by atoms with Gasteiger partial charge in [-0.1, -0.05) is 35.3 Å². The van der Waals surface area contributed by atoms with Gasteiger partial charge in [0.2, 0.25) is 0 Å². The van der Waals surface area contributed by atoms with Gasteiger partial charge in [-0.05, 0) is 73.0 Å². The van der Waals surface area contributed by atoms with E-state index in [1.54, 1.807) is 30.3 Å². The van der Waals surface area contributed by atoms with E-state index in [0.29, 0.717) is 41.3 Å². The number of hydrogen-bond acceptors (Lipinski definition) is 4. The van der Waals surface area contributed by atoms with E-state index in [9.17, 15) is 4.79 Å². The first-order valence-corrected chi connectivity index (χ1v) is 10.5. The minimum absolute atomic E-state index is 0.269. The summed E-state index contributed by atoms with van der Waals surface area (Å²) in [5.41, 5.74) is 3.93. The summed E-state index contributed by atoms with van der Waals surface area (Å²) in [5, 5.41) is 13.4. The van der Waals surface area contributed by atoms with Crippen molar-refractivity contribution in [2.45, 2.75) is 27.0 Å². The van der Waals surface area contributed by atoms with Crippen LogP contribution in [0.5, 0.6) is 11.5 Å². The quantitative estimate of drug-likeness (QED) is 0.377. The second-order valence-corrected chi connectivity index (χ2v) is 7.75. The lowest BCUT2D eigenvalue weighted by Crippen LogP contribution is -2.05. The molecule has 0 bridgehead atoms. The van der Waals surface area contributed by atoms with Crippen LogP contribution in [-0.4, -0.2) is 17.7 Å². The van der Waals surface area contributed by atoms with E-state index in [2.05, 4.69) is 5.32 Å². The van der Waals surface area contributed by atoms with E-state index in [4.69, 9.17) is 37.8 Å². The van der Waals surface area contributed by atoms with Gasteiger partial charge in [-0.2, -0.15) is 0 Å². The topological polar surface area (TPSA) is 67.8 Å². The van der Waals surface area contributed by atoms with Gasteiger partial charge < -0.3 is 19.9 Å². The summed E-state index contributed by atoms with van der Waals surface area (Å²) < 4.78 is 11.7. The van der Waals surface area contributed by atoms with Crippen molar-refractivity contribution in [1.82, 2.24) is 0 Å². The number of nitrogens with one attached hydrogen (secondary N) is 1. The van der Waals surface area contributed by atoms with Crippen LogP contribution in [0.2, 0.25) is 10.0 Å². The van der Waals surface area contributed by atoms with Gasteiger partial charge in [0.05, 0.1) is 22.2 Å². The second kappa shape index (κ2) is 10.4. The van der Waals surface area contributed by atoms with Gasteiger partial charge >= 0.3 is 5.97 Å². The Morgan fingerprint density at radius 3 is 2.39 bits per heavy atom. The number of carbonyl (C=O) groups is 1. The maximum atomic E-state index is 11.1. The summed E-state index contributed by atoms with van der Waals surface area (Å²) in [6.45, 7) is 5.20. The fourth-order valence-electron chi connectivity index (χ4n) is 3.03. The highest BCUT2D eigenvalue weighted by molar-refractivity contribution is 6.42. The van der Waals surface area contributed by atoms with Crippen molar-refractivity contribution in [3.8, 4) is 11.5 Å². The fraction of sp³-hybridized carbons (Fsp3) is 0.208. The molecular formula is C24H23Cl2NO4. The summed E-state index contributed by atoms with van der Waals surface area (Å²) in [6.07, 6.45) is 0. The number of carboxylic acids is 1. The van der Waals surface area contributed by atoms with Crippen molar-refractivity contribution in [2.75, 3.05) is 11.9 Å². The van der Waals surface area contributed by atoms with Crippen LogP contribution in [0.25, 0.3) is 0 Å². The molecule has 7 heteroatoms. The molecule has 0 aromatic heterocycles. The molecule has 3 aromatic rings. The Morgan fingerprint density at radius 2 is 1.71 bits per heavy atom. The maximum Gasteiger partial charge on any atom is 0.335 e. The average molecular weight is 460 g/mol. The molecule has 0 fully saturated rings. The van der Waals surface area contributed by atoms with Crippen LogP contribution in [0.1, 0.15) is 34.0 Å². The largest absolute Gasteiger partial charge is 0.490 e. The van der Waals surface area contributed by atoms with Gasteiger partial charge in [0.25, 0.3) is 0 Å². The molecule has 162 valence electrons. The predicted molar refractivity (Wildman–Crippen MR) is 124 cm³/mol. The van der Waals surface area contributed by atoms with E-state index >= 15 is 0 Å². The van der Waals surface area contributed by atoms with Gasteiger partial charge in [0.15, 0.2) is 11.5 Å². The minimum atomic E-state index is -0.938. The summed E-state index contributed by atoms with van der Waals surface area (Å²) in [4.78, 5) is 11.1. The molecule has 0 aliphatic heterocycles. The number of rotatable bonds is 9. The zero-order valence-corrected chi connectivity index (χ0v) is 18.8. The number of carboxylic acid groups (broad SMARTS) is 1. The van der Waals surface area contributed by atoms with Crippen LogP contribution < -0.4 is 14.8 Å². The Morgan fingerprint density at radius 1 is 0.935 bits per heavy atom. The summed E-state index contributed by atoms with van der Waals surface area (Å²) >= 11 is 12.0. The molecule has 0 saturated heterocycles. The van der Waals surface area contributed by atoms with Crippen molar-refractivity contribution in [1.29, 1.82) is 0 Å². The van der Waals surface area contributed by atoms with Crippen molar-refractivity contribution in [3.63, 3.8) is 0 Å². The highest BCUT2D eigenvalue weighted by Gasteiger charge is 2.10. The maximum absolute atomic E-state index is 11.1. The number of aryl methyl sites for hydroxylation is 1. The average Bonchev–Trinajstić information content (AvgIpc) is 2.74. The van der Waals surface area contributed by atoms with Crippen LogP contribution >= 0.6 is 23.2 Å². The number of halogens is 2. The highest BCUT2D eigenvalue weighted by atomic mass is 35.5. The molecule has 5 nitrogen and oxygen atoms in total. The molecule has 0 aliphatic carbocycles. The molecular weight excluding hydrogens is 437 g/mol. The zero-order valence-electron chi connectivity index (χ0n) is 17.2. The third kappa shape index (κ3) is 6.06. The molecule has 3 rings (SSSR count). The van der Waals surface area contributed by atoms with E-state index in [-0.39, 0.29) is 5.56 Å². The molecule has 0 atom stereocenters. The normalized spacial score (nSPS) is 10.6. The van der Waals surface area contributed by atoms with E-state index in [1.807, 2.05) is 38.1 Å². The van der Waals surface area contributed by atoms with Crippen molar-refractivity contribution >= 4 is 34.9 Å². The lowest BCUT2D eigenvalue weighted by Gasteiger charge is -2.15.